The Morgan fingerprint density at radius 1 is 1.07 bits per heavy atom. The van der Waals surface area contributed by atoms with E-state index in [1.807, 2.05) is 19.9 Å². The second kappa shape index (κ2) is 16.3. The molecule has 57 heavy (non-hydrogen) atoms. The molecular formula is C40H53F2N7O7S. The lowest BCUT2D eigenvalue weighted by molar-refractivity contribution is -0.151. The van der Waals surface area contributed by atoms with E-state index in [-0.39, 0.29) is 29.5 Å². The lowest BCUT2D eigenvalue weighted by atomic mass is 9.71. The smallest absolute Gasteiger partial charge is 0.312 e. The number of methoxy groups -OCH3 is 1. The van der Waals surface area contributed by atoms with Crippen molar-refractivity contribution < 1.29 is 41.6 Å². The molecule has 4 aromatic heterocycles. The number of esters is 1. The first-order valence-electron chi connectivity index (χ1n) is 19.5. The first kappa shape index (κ1) is 41.2. The van der Waals surface area contributed by atoms with Crippen LogP contribution in [0.4, 0.5) is 8.78 Å². The van der Waals surface area contributed by atoms with Gasteiger partial charge in [-0.25, -0.2) is 8.78 Å². The summed E-state index contributed by atoms with van der Waals surface area (Å²) in [7, 11) is -2.37. The molecule has 14 nitrogen and oxygen atoms in total. The van der Waals surface area contributed by atoms with E-state index in [9.17, 15) is 22.7 Å². The van der Waals surface area contributed by atoms with Crippen LogP contribution in [0.5, 0.6) is 11.8 Å². The maximum absolute atomic E-state index is 13.8. The number of nitrogens with zero attached hydrogens (tertiary/aromatic N) is 7. The summed E-state index contributed by atoms with van der Waals surface area (Å²) < 4.78 is 78.9. The Hall–Kier alpha value is -4.00. The lowest BCUT2D eigenvalue weighted by Crippen LogP contribution is -2.49. The highest BCUT2D eigenvalue weighted by Gasteiger charge is 2.47. The summed E-state index contributed by atoms with van der Waals surface area (Å²) in [6.07, 6.45) is 4.98. The van der Waals surface area contributed by atoms with Crippen molar-refractivity contribution in [2.75, 3.05) is 53.1 Å². The van der Waals surface area contributed by atoms with Gasteiger partial charge in [0.05, 0.1) is 32.3 Å². The van der Waals surface area contributed by atoms with Crippen molar-refractivity contribution in [3.05, 3.63) is 69.9 Å². The zero-order valence-corrected chi connectivity index (χ0v) is 34.3. The van der Waals surface area contributed by atoms with Gasteiger partial charge >= 0.3 is 5.97 Å². The highest BCUT2D eigenvalue weighted by molar-refractivity contribution is 8.22. The molecule has 4 aromatic rings. The van der Waals surface area contributed by atoms with E-state index < -0.39 is 45.9 Å². The summed E-state index contributed by atoms with van der Waals surface area (Å²) in [5.41, 5.74) is 2.08. The Bertz CT molecular complexity index is 2100. The van der Waals surface area contributed by atoms with Gasteiger partial charge in [0.15, 0.2) is 5.65 Å². The number of rotatable bonds is 11. The molecule has 0 aromatic carbocycles. The zero-order valence-electron chi connectivity index (χ0n) is 33.5. The normalized spacial score (nSPS) is 19.8. The Kier molecular flexibility index (Phi) is 11.8. The number of carbonyl (C=O) groups excluding carboxylic acids is 1. The summed E-state index contributed by atoms with van der Waals surface area (Å²) in [6.45, 7) is 13.4. The molecule has 7 heterocycles. The van der Waals surface area contributed by atoms with Gasteiger partial charge in [0.1, 0.15) is 17.1 Å². The topological polar surface area (TPSA) is 157 Å². The Labute approximate surface area is 333 Å². The fourth-order valence-electron chi connectivity index (χ4n) is 8.34. The molecule has 0 saturated carbocycles. The number of hydrogen-bond acceptors (Lipinski definition) is 13. The van der Waals surface area contributed by atoms with Crippen LogP contribution in [0.3, 0.4) is 0 Å². The lowest BCUT2D eigenvalue weighted by Gasteiger charge is -2.44. The van der Waals surface area contributed by atoms with Crippen molar-refractivity contribution in [1.29, 1.82) is 0 Å². The van der Waals surface area contributed by atoms with Crippen LogP contribution in [0.1, 0.15) is 97.6 Å². The van der Waals surface area contributed by atoms with Crippen LogP contribution in [0.2, 0.25) is 0 Å². The minimum absolute atomic E-state index is 0.0908. The minimum atomic E-state index is -3.69. The van der Waals surface area contributed by atoms with Crippen molar-refractivity contribution in [2.45, 2.75) is 96.1 Å². The first-order chi connectivity index (χ1) is 27.1. The number of hydrogen-bond donors (Lipinski definition) is 2. The van der Waals surface area contributed by atoms with Crippen molar-refractivity contribution in [3.63, 3.8) is 0 Å². The van der Waals surface area contributed by atoms with Crippen LogP contribution >= 0.6 is 10.8 Å². The summed E-state index contributed by atoms with van der Waals surface area (Å²) in [5, 5.41) is 7.78. The van der Waals surface area contributed by atoms with Gasteiger partial charge in [-0.15, -0.1) is 21.0 Å². The molecule has 2 N–H and O–H groups in total. The maximum Gasteiger partial charge on any atom is 0.312 e. The van der Waals surface area contributed by atoms with Gasteiger partial charge < -0.3 is 18.9 Å². The molecule has 1 spiro atoms. The molecule has 310 valence electrons. The number of likely N-dealkylation sites (tertiary alicyclic amines) is 1. The SMILES string of the molecule is COC(=O)C(C)(C)C(c1cc(CN2CC3(CCOCC3)Oc3nc(OCCN4CCCCC4)c(C)cc3S2(O)O)c(C)cn1)c1ccn2c(C(F)F)nnc2c1C. The van der Waals surface area contributed by atoms with Gasteiger partial charge in [-0.1, -0.05) is 6.42 Å². The number of carbonyl (C=O) groups is 1. The molecule has 1 atom stereocenters. The van der Waals surface area contributed by atoms with E-state index in [2.05, 4.69) is 15.1 Å². The third kappa shape index (κ3) is 8.06. The molecule has 0 aliphatic carbocycles. The van der Waals surface area contributed by atoms with Crippen LogP contribution in [0.25, 0.3) is 5.65 Å². The molecule has 0 bridgehead atoms. The summed E-state index contributed by atoms with van der Waals surface area (Å²) in [5.74, 6) is -1.17. The van der Waals surface area contributed by atoms with Crippen LogP contribution in [0.15, 0.2) is 35.5 Å². The average molecular weight is 814 g/mol. The predicted octanol–water partition coefficient (Wildman–Crippen LogP) is 7.05. The number of aromatic nitrogens is 5. The van der Waals surface area contributed by atoms with Crippen molar-refractivity contribution in [3.8, 4) is 11.8 Å². The number of pyridine rings is 3. The number of piperidine rings is 1. The van der Waals surface area contributed by atoms with E-state index in [1.165, 1.54) is 37.0 Å². The van der Waals surface area contributed by atoms with Gasteiger partial charge in [0.25, 0.3) is 6.43 Å². The van der Waals surface area contributed by atoms with Crippen LogP contribution in [-0.4, -0.2) is 108 Å². The quantitative estimate of drug-likeness (QED) is 0.149. The van der Waals surface area contributed by atoms with E-state index >= 15 is 0 Å². The molecule has 3 aliphatic heterocycles. The van der Waals surface area contributed by atoms with Gasteiger partial charge in [0.2, 0.25) is 17.6 Å². The largest absolute Gasteiger partial charge is 0.476 e. The van der Waals surface area contributed by atoms with Crippen LogP contribution in [0, 0.1) is 26.2 Å². The fraction of sp³-hybridized carbons (Fsp3) is 0.575. The number of aryl methyl sites for hydroxylation is 3. The van der Waals surface area contributed by atoms with Crippen molar-refractivity contribution in [2.24, 2.45) is 5.41 Å². The van der Waals surface area contributed by atoms with E-state index in [0.29, 0.717) is 60.9 Å². The van der Waals surface area contributed by atoms with Gasteiger partial charge in [-0.3, -0.25) is 28.2 Å². The third-order valence-electron chi connectivity index (χ3n) is 11.7. The van der Waals surface area contributed by atoms with Crippen molar-refractivity contribution >= 4 is 22.4 Å². The summed E-state index contributed by atoms with van der Waals surface area (Å²) in [4.78, 5) is 25.6. The molecule has 0 radical (unpaired) electrons. The Balaban J connectivity index is 1.26. The summed E-state index contributed by atoms with van der Waals surface area (Å²) in [6, 6.07) is 5.26. The zero-order chi connectivity index (χ0) is 40.7. The monoisotopic (exact) mass is 813 g/mol. The highest BCUT2D eigenvalue weighted by atomic mass is 32.3. The van der Waals surface area contributed by atoms with Crippen molar-refractivity contribution in [1.82, 2.24) is 33.8 Å². The number of alkyl halides is 2. The van der Waals surface area contributed by atoms with E-state index in [1.54, 1.807) is 43.4 Å². The number of fused-ring (bicyclic) bond motifs is 2. The average Bonchev–Trinajstić information content (AvgIpc) is 3.61. The molecule has 17 heteroatoms. The molecule has 7 rings (SSSR count). The Morgan fingerprint density at radius 3 is 2.51 bits per heavy atom. The Morgan fingerprint density at radius 2 is 1.81 bits per heavy atom. The summed E-state index contributed by atoms with van der Waals surface area (Å²) >= 11 is 0. The molecule has 2 fully saturated rings. The van der Waals surface area contributed by atoms with E-state index in [0.717, 1.165) is 30.8 Å². The second-order valence-electron chi connectivity index (χ2n) is 16.0. The first-order valence-corrected chi connectivity index (χ1v) is 21.0. The molecule has 2 saturated heterocycles. The van der Waals surface area contributed by atoms with E-state index in [4.69, 9.17) is 28.9 Å². The maximum atomic E-state index is 13.8. The minimum Gasteiger partial charge on any atom is -0.476 e. The molecular weight excluding hydrogens is 761 g/mol. The standard InChI is InChI=1S/C40H53F2N7O7S/c1-25-20-31-37(44-36(25)55-19-16-47-13-8-7-9-14-47)56-40(11-17-54-18-12-40)24-48(57(31,51)52)23-28-21-30(43-22-26(28)2)32(39(4,5)38(50)53-6)29-10-15-49-34(27(29)3)45-46-35(49)33(41)42/h10,15,20-22,32-33,51-52H,7-9,11-14,16-19,23-24H2,1-6H3. The number of ether oxygens (including phenoxy) is 4. The van der Waals surface area contributed by atoms with Crippen LogP contribution in [-0.2, 0) is 20.8 Å². The van der Waals surface area contributed by atoms with Gasteiger partial charge in [-0.2, -0.15) is 9.29 Å². The fourth-order valence-corrected chi connectivity index (χ4v) is 10.0. The van der Waals surface area contributed by atoms with Gasteiger partial charge in [-0.05, 0) is 101 Å². The van der Waals surface area contributed by atoms with Gasteiger partial charge in [0, 0.05) is 55.5 Å². The second-order valence-corrected chi connectivity index (χ2v) is 18.0. The highest BCUT2D eigenvalue weighted by Crippen LogP contribution is 2.59. The molecule has 3 aliphatic rings. The molecule has 1 unspecified atom stereocenters. The number of halogens is 2. The third-order valence-corrected chi connectivity index (χ3v) is 13.6. The predicted molar refractivity (Wildman–Crippen MR) is 209 cm³/mol. The van der Waals surface area contributed by atoms with Crippen LogP contribution < -0.4 is 9.47 Å². The molecule has 0 amide bonds.